The molecule has 0 saturated heterocycles. The second-order valence-corrected chi connectivity index (χ2v) is 6.82. The zero-order valence-corrected chi connectivity index (χ0v) is 13.3. The lowest BCUT2D eigenvalue weighted by Crippen LogP contribution is -2.26. The molecule has 1 aromatic carbocycles. The average Bonchev–Trinajstić information content (AvgIpc) is 2.34. The van der Waals surface area contributed by atoms with E-state index in [9.17, 15) is 0 Å². The van der Waals surface area contributed by atoms with E-state index in [1.54, 1.807) is 0 Å². The highest BCUT2D eigenvalue weighted by atomic mass is 79.9. The molecule has 1 nitrogen and oxygen atoms in total. The molecule has 0 spiro atoms. The number of rotatable bonds is 2. The maximum atomic E-state index is 6.50. The smallest absolute Gasteiger partial charge is 0.0323 e. The minimum atomic E-state index is 0.207. The van der Waals surface area contributed by atoms with Gasteiger partial charge in [0.15, 0.2) is 0 Å². The molecule has 1 aliphatic rings. The van der Waals surface area contributed by atoms with Gasteiger partial charge in [0.1, 0.15) is 0 Å². The summed E-state index contributed by atoms with van der Waals surface area (Å²) in [5.41, 5.74) is 10.4. The molecule has 0 amide bonds. The molecule has 0 radical (unpaired) electrons. The van der Waals surface area contributed by atoms with Gasteiger partial charge in [0, 0.05) is 10.5 Å². The summed E-state index contributed by atoms with van der Waals surface area (Å²) >= 11 is 3.63. The van der Waals surface area contributed by atoms with Crippen LogP contribution >= 0.6 is 15.9 Å². The maximum absolute atomic E-state index is 6.50. The van der Waals surface area contributed by atoms with Gasteiger partial charge in [-0.05, 0) is 55.2 Å². The van der Waals surface area contributed by atoms with Crippen LogP contribution in [0.5, 0.6) is 0 Å². The topological polar surface area (TPSA) is 26.0 Å². The fraction of sp³-hybridized carbons (Fsp3) is 0.625. The summed E-state index contributed by atoms with van der Waals surface area (Å²) in [6, 6.07) is 4.71. The maximum Gasteiger partial charge on any atom is 0.0323 e. The van der Waals surface area contributed by atoms with Gasteiger partial charge in [-0.3, -0.25) is 0 Å². The van der Waals surface area contributed by atoms with Crippen LogP contribution in [0.25, 0.3) is 0 Å². The highest BCUT2D eigenvalue weighted by Gasteiger charge is 2.25. The Morgan fingerprint density at radius 3 is 2.39 bits per heavy atom. The van der Waals surface area contributed by atoms with Gasteiger partial charge in [-0.1, -0.05) is 47.8 Å². The first-order chi connectivity index (χ1) is 8.49. The Morgan fingerprint density at radius 2 is 1.83 bits per heavy atom. The summed E-state index contributed by atoms with van der Waals surface area (Å²) in [5.74, 6) is 1.50. The van der Waals surface area contributed by atoms with Gasteiger partial charge in [0.05, 0.1) is 0 Å². The molecule has 0 bridgehead atoms. The van der Waals surface area contributed by atoms with Crippen molar-refractivity contribution in [1.29, 1.82) is 0 Å². The number of hydrogen-bond acceptors (Lipinski definition) is 1. The van der Waals surface area contributed by atoms with Crippen LogP contribution in [0.3, 0.4) is 0 Å². The van der Waals surface area contributed by atoms with E-state index in [0.29, 0.717) is 5.92 Å². The van der Waals surface area contributed by atoms with Gasteiger partial charge < -0.3 is 5.73 Å². The van der Waals surface area contributed by atoms with Crippen LogP contribution in [0.4, 0.5) is 0 Å². The summed E-state index contributed by atoms with van der Waals surface area (Å²) < 4.78 is 1.22. The average molecular weight is 310 g/mol. The lowest BCUT2D eigenvalue weighted by molar-refractivity contribution is 0.248. The van der Waals surface area contributed by atoms with Gasteiger partial charge in [-0.25, -0.2) is 0 Å². The highest BCUT2D eigenvalue weighted by Crippen LogP contribution is 2.37. The molecule has 0 aromatic heterocycles. The first-order valence-electron chi connectivity index (χ1n) is 7.01. The van der Waals surface area contributed by atoms with Gasteiger partial charge >= 0.3 is 0 Å². The van der Waals surface area contributed by atoms with E-state index >= 15 is 0 Å². The summed E-state index contributed by atoms with van der Waals surface area (Å²) in [7, 11) is 0. The van der Waals surface area contributed by atoms with Crippen LogP contribution in [0, 0.1) is 25.7 Å². The molecule has 100 valence electrons. The predicted octanol–water partition coefficient (Wildman–Crippen LogP) is 4.89. The standard InChI is InChI=1S/C16H24BrN/c1-10-5-4-6-13(7-10)16(18)14-8-11(2)15(17)12(3)9-14/h8-10,13,16H,4-7,18H2,1-3H3. The third-order valence-corrected chi connectivity index (χ3v) is 5.58. The molecule has 1 fully saturated rings. The van der Waals surface area contributed by atoms with E-state index in [-0.39, 0.29) is 6.04 Å². The zero-order valence-electron chi connectivity index (χ0n) is 11.7. The van der Waals surface area contributed by atoms with E-state index in [0.717, 1.165) is 5.92 Å². The molecule has 1 aromatic rings. The fourth-order valence-corrected chi connectivity index (χ4v) is 3.48. The van der Waals surface area contributed by atoms with E-state index in [2.05, 4.69) is 48.8 Å². The van der Waals surface area contributed by atoms with Crippen molar-refractivity contribution in [3.8, 4) is 0 Å². The molecule has 18 heavy (non-hydrogen) atoms. The Labute approximate surface area is 119 Å². The first-order valence-corrected chi connectivity index (χ1v) is 7.80. The molecule has 2 N–H and O–H groups in total. The van der Waals surface area contributed by atoms with Crippen molar-refractivity contribution in [3.05, 3.63) is 33.3 Å². The molecule has 1 saturated carbocycles. The molecule has 2 heteroatoms. The highest BCUT2D eigenvalue weighted by molar-refractivity contribution is 9.10. The van der Waals surface area contributed by atoms with E-state index in [1.807, 2.05) is 0 Å². The van der Waals surface area contributed by atoms with Crippen molar-refractivity contribution >= 4 is 15.9 Å². The Bertz CT molecular complexity index is 404. The van der Waals surface area contributed by atoms with Crippen molar-refractivity contribution in [3.63, 3.8) is 0 Å². The molecule has 3 unspecified atom stereocenters. The SMILES string of the molecule is Cc1cc(C(N)C2CCCC(C)C2)cc(C)c1Br. The van der Waals surface area contributed by atoms with Crippen LogP contribution in [-0.2, 0) is 0 Å². The molecular formula is C16H24BrN. The predicted molar refractivity (Wildman–Crippen MR) is 81.7 cm³/mol. The molecule has 0 aliphatic heterocycles. The van der Waals surface area contributed by atoms with Gasteiger partial charge in [-0.15, -0.1) is 0 Å². The van der Waals surface area contributed by atoms with E-state index in [1.165, 1.54) is 46.8 Å². The van der Waals surface area contributed by atoms with Gasteiger partial charge in [-0.2, -0.15) is 0 Å². The molecule has 1 aliphatic carbocycles. The van der Waals surface area contributed by atoms with Crippen molar-refractivity contribution < 1.29 is 0 Å². The van der Waals surface area contributed by atoms with Crippen LogP contribution in [0.2, 0.25) is 0 Å². The van der Waals surface area contributed by atoms with Gasteiger partial charge in [0.2, 0.25) is 0 Å². The summed E-state index contributed by atoms with van der Waals surface area (Å²) in [6.45, 7) is 6.66. The molecule has 3 atom stereocenters. The Morgan fingerprint density at radius 1 is 1.22 bits per heavy atom. The third-order valence-electron chi connectivity index (χ3n) is 4.33. The zero-order chi connectivity index (χ0) is 13.3. The molecular weight excluding hydrogens is 286 g/mol. The Hall–Kier alpha value is -0.340. The second kappa shape index (κ2) is 5.75. The minimum Gasteiger partial charge on any atom is -0.324 e. The van der Waals surface area contributed by atoms with Crippen molar-refractivity contribution in [2.24, 2.45) is 17.6 Å². The normalized spacial score (nSPS) is 26.1. The summed E-state index contributed by atoms with van der Waals surface area (Å²) in [4.78, 5) is 0. The van der Waals surface area contributed by atoms with Crippen molar-refractivity contribution in [2.75, 3.05) is 0 Å². The van der Waals surface area contributed by atoms with Crippen LogP contribution < -0.4 is 5.73 Å². The number of nitrogens with two attached hydrogens (primary N) is 1. The number of benzene rings is 1. The molecule has 0 heterocycles. The fourth-order valence-electron chi connectivity index (χ4n) is 3.25. The lowest BCUT2D eigenvalue weighted by atomic mass is 9.77. The Balaban J connectivity index is 2.20. The van der Waals surface area contributed by atoms with Gasteiger partial charge in [0.25, 0.3) is 0 Å². The van der Waals surface area contributed by atoms with Crippen LogP contribution in [-0.4, -0.2) is 0 Å². The largest absolute Gasteiger partial charge is 0.324 e. The van der Waals surface area contributed by atoms with E-state index < -0.39 is 0 Å². The van der Waals surface area contributed by atoms with E-state index in [4.69, 9.17) is 5.73 Å². The number of aryl methyl sites for hydroxylation is 2. The Kier molecular flexibility index (Phi) is 4.50. The van der Waals surface area contributed by atoms with Crippen LogP contribution in [0.1, 0.15) is 55.3 Å². The first kappa shape index (κ1) is 14.1. The quantitative estimate of drug-likeness (QED) is 0.826. The van der Waals surface area contributed by atoms with Crippen molar-refractivity contribution in [2.45, 2.75) is 52.5 Å². The number of halogens is 1. The number of hydrogen-bond donors (Lipinski definition) is 1. The second-order valence-electron chi connectivity index (χ2n) is 6.03. The third kappa shape index (κ3) is 2.97. The lowest BCUT2D eigenvalue weighted by Gasteiger charge is -2.31. The van der Waals surface area contributed by atoms with Crippen molar-refractivity contribution in [1.82, 2.24) is 0 Å². The molecule has 2 rings (SSSR count). The summed E-state index contributed by atoms with van der Waals surface area (Å²) in [6.07, 6.45) is 5.30. The summed E-state index contributed by atoms with van der Waals surface area (Å²) in [5, 5.41) is 0. The minimum absolute atomic E-state index is 0.207. The monoisotopic (exact) mass is 309 g/mol. The van der Waals surface area contributed by atoms with Crippen LogP contribution in [0.15, 0.2) is 16.6 Å².